The second kappa shape index (κ2) is 4.44. The van der Waals surface area contributed by atoms with Gasteiger partial charge in [-0.1, -0.05) is 0 Å². The second-order valence-electron chi connectivity index (χ2n) is 2.47. The molecule has 0 aromatic carbocycles. The van der Waals surface area contributed by atoms with Gasteiger partial charge in [0, 0.05) is 28.1 Å². The Kier molecular flexibility index (Phi) is 3.90. The van der Waals surface area contributed by atoms with Gasteiger partial charge in [0.15, 0.2) is 0 Å². The Balaban J connectivity index is 4.42. The van der Waals surface area contributed by atoms with Crippen molar-refractivity contribution in [3.8, 4) is 0 Å². The molecule has 6 nitrogen and oxygen atoms in total. The molecule has 5 amide bonds. The van der Waals surface area contributed by atoms with Crippen LogP contribution >= 0.6 is 0 Å². The summed E-state index contributed by atoms with van der Waals surface area (Å²) in [7, 11) is 4.00. The van der Waals surface area contributed by atoms with E-state index in [0.29, 0.717) is 0 Å². The van der Waals surface area contributed by atoms with Crippen LogP contribution in [0.15, 0.2) is 0 Å². The van der Waals surface area contributed by atoms with Gasteiger partial charge in [0.05, 0.1) is 0 Å². The van der Waals surface area contributed by atoms with Crippen molar-refractivity contribution in [1.29, 1.82) is 0 Å². The van der Waals surface area contributed by atoms with Gasteiger partial charge in [0.2, 0.25) is 5.91 Å². The van der Waals surface area contributed by atoms with Crippen molar-refractivity contribution >= 4 is 18.0 Å². The largest absolute Gasteiger partial charge is 0.341 e. The van der Waals surface area contributed by atoms with E-state index in [1.807, 2.05) is 0 Å². The molecule has 1 N–H and O–H groups in total. The summed E-state index contributed by atoms with van der Waals surface area (Å²) in [5.41, 5.74) is 0. The number of carbonyl (C=O) groups is 3. The Hall–Kier alpha value is -1.59. The van der Waals surface area contributed by atoms with Crippen molar-refractivity contribution in [2.24, 2.45) is 0 Å². The van der Waals surface area contributed by atoms with Crippen molar-refractivity contribution in [2.45, 2.75) is 6.92 Å². The minimum atomic E-state index is -0.660. The zero-order chi connectivity index (χ0) is 10.6. The Morgan fingerprint density at radius 2 is 1.54 bits per heavy atom. The van der Waals surface area contributed by atoms with Gasteiger partial charge in [-0.3, -0.25) is 9.69 Å². The van der Waals surface area contributed by atoms with Gasteiger partial charge in [-0.05, 0) is 0 Å². The number of hydrogen-bond acceptors (Lipinski definition) is 3. The molecule has 74 valence electrons. The molecule has 0 rings (SSSR count). The third kappa shape index (κ3) is 2.73. The van der Waals surface area contributed by atoms with Crippen LogP contribution in [-0.4, -0.2) is 48.9 Å². The first-order valence-corrected chi connectivity index (χ1v) is 3.65. The summed E-state index contributed by atoms with van der Waals surface area (Å²) in [6.45, 7) is 1.25. The summed E-state index contributed by atoms with van der Waals surface area (Å²) in [5.74, 6) is -0.416. The summed E-state index contributed by atoms with van der Waals surface area (Å²) >= 11 is 0. The SMILES string of the molecule is CNC(=O)N(C)C(=O)N(C)C(C)=O. The maximum absolute atomic E-state index is 11.3. The van der Waals surface area contributed by atoms with Gasteiger partial charge < -0.3 is 5.32 Å². The Morgan fingerprint density at radius 1 is 1.08 bits per heavy atom. The van der Waals surface area contributed by atoms with Crippen molar-refractivity contribution in [3.63, 3.8) is 0 Å². The van der Waals surface area contributed by atoms with Crippen molar-refractivity contribution in [3.05, 3.63) is 0 Å². The normalized spacial score (nSPS) is 8.92. The highest BCUT2D eigenvalue weighted by atomic mass is 16.2. The molecular weight excluding hydrogens is 174 g/mol. The van der Waals surface area contributed by atoms with Crippen LogP contribution < -0.4 is 5.32 Å². The number of rotatable bonds is 0. The van der Waals surface area contributed by atoms with Gasteiger partial charge in [-0.15, -0.1) is 0 Å². The average Bonchev–Trinajstić information content (AvgIpc) is 2.12. The van der Waals surface area contributed by atoms with Crippen molar-refractivity contribution in [1.82, 2.24) is 15.1 Å². The van der Waals surface area contributed by atoms with Crippen LogP contribution in [0.2, 0.25) is 0 Å². The smallest absolute Gasteiger partial charge is 0.334 e. The third-order valence-corrected chi connectivity index (χ3v) is 1.56. The summed E-state index contributed by atoms with van der Waals surface area (Å²) in [6, 6.07) is -1.22. The monoisotopic (exact) mass is 187 g/mol. The molecule has 0 fully saturated rings. The molecule has 0 heterocycles. The number of hydrogen-bond donors (Lipinski definition) is 1. The Morgan fingerprint density at radius 3 is 1.85 bits per heavy atom. The molecule has 6 heteroatoms. The van der Waals surface area contributed by atoms with Crippen LogP contribution in [0.5, 0.6) is 0 Å². The van der Waals surface area contributed by atoms with Crippen molar-refractivity contribution in [2.75, 3.05) is 21.1 Å². The highest BCUT2D eigenvalue weighted by molar-refractivity contribution is 6.00. The molecule has 0 aromatic heterocycles. The lowest BCUT2D eigenvalue weighted by Crippen LogP contribution is -2.47. The first-order valence-electron chi connectivity index (χ1n) is 3.65. The van der Waals surface area contributed by atoms with E-state index in [0.717, 1.165) is 9.80 Å². The maximum Gasteiger partial charge on any atom is 0.334 e. The molecule has 0 atom stereocenters. The van der Waals surface area contributed by atoms with Crippen LogP contribution in [0.25, 0.3) is 0 Å². The predicted octanol–water partition coefficient (Wildman–Crippen LogP) is -0.144. The highest BCUT2D eigenvalue weighted by Gasteiger charge is 2.21. The van der Waals surface area contributed by atoms with E-state index in [2.05, 4.69) is 5.32 Å². The molecule has 0 unspecified atom stereocenters. The van der Waals surface area contributed by atoms with Crippen LogP contribution in [0.1, 0.15) is 6.92 Å². The Bertz CT molecular complexity index is 239. The zero-order valence-electron chi connectivity index (χ0n) is 8.12. The first kappa shape index (κ1) is 11.4. The van der Waals surface area contributed by atoms with Gasteiger partial charge >= 0.3 is 12.1 Å². The topological polar surface area (TPSA) is 69.7 Å². The fourth-order valence-corrected chi connectivity index (χ4v) is 0.614. The molecule has 13 heavy (non-hydrogen) atoms. The van der Waals surface area contributed by atoms with E-state index in [4.69, 9.17) is 0 Å². The molecule has 0 saturated heterocycles. The minimum Gasteiger partial charge on any atom is -0.341 e. The third-order valence-electron chi connectivity index (χ3n) is 1.56. The van der Waals surface area contributed by atoms with Gasteiger partial charge in [0.1, 0.15) is 0 Å². The zero-order valence-corrected chi connectivity index (χ0v) is 8.12. The average molecular weight is 187 g/mol. The number of amides is 5. The quantitative estimate of drug-likeness (QED) is 0.573. The van der Waals surface area contributed by atoms with Crippen LogP contribution in [-0.2, 0) is 4.79 Å². The Labute approximate surface area is 76.5 Å². The lowest BCUT2D eigenvalue weighted by Gasteiger charge is -2.20. The second-order valence-corrected chi connectivity index (χ2v) is 2.47. The lowest BCUT2D eigenvalue weighted by molar-refractivity contribution is -0.125. The van der Waals surface area contributed by atoms with Gasteiger partial charge in [0.25, 0.3) is 0 Å². The summed E-state index contributed by atoms with van der Waals surface area (Å²) in [4.78, 5) is 34.6. The number of imide groups is 2. The van der Waals surface area contributed by atoms with Gasteiger partial charge in [-0.2, -0.15) is 0 Å². The molecule has 0 radical (unpaired) electrons. The number of nitrogens with zero attached hydrogens (tertiary/aromatic N) is 2. The molecular formula is C7H13N3O3. The van der Waals surface area contributed by atoms with E-state index >= 15 is 0 Å². The van der Waals surface area contributed by atoms with Crippen LogP contribution in [0, 0.1) is 0 Å². The first-order chi connectivity index (χ1) is 5.91. The highest BCUT2D eigenvalue weighted by Crippen LogP contribution is 1.94. The summed E-state index contributed by atoms with van der Waals surface area (Å²) < 4.78 is 0. The van der Waals surface area contributed by atoms with Crippen LogP contribution in [0.4, 0.5) is 9.59 Å². The van der Waals surface area contributed by atoms with E-state index in [1.54, 1.807) is 0 Å². The van der Waals surface area contributed by atoms with E-state index in [9.17, 15) is 14.4 Å². The maximum atomic E-state index is 11.3. The molecule has 0 spiro atoms. The number of carbonyl (C=O) groups excluding carboxylic acids is 3. The molecule has 0 saturated carbocycles. The molecule has 0 bridgehead atoms. The molecule has 0 aliphatic carbocycles. The van der Waals surface area contributed by atoms with Crippen LogP contribution in [0.3, 0.4) is 0 Å². The van der Waals surface area contributed by atoms with Crippen molar-refractivity contribution < 1.29 is 14.4 Å². The fourth-order valence-electron chi connectivity index (χ4n) is 0.614. The summed E-state index contributed by atoms with van der Waals surface area (Å²) in [6.07, 6.45) is 0. The predicted molar refractivity (Wildman–Crippen MR) is 46.1 cm³/mol. The standard InChI is InChI=1S/C7H13N3O3/c1-5(11)9(3)7(13)10(4)6(12)8-2/h1-4H3,(H,8,12). The van der Waals surface area contributed by atoms with Gasteiger partial charge in [-0.25, -0.2) is 14.5 Å². The lowest BCUT2D eigenvalue weighted by atomic mass is 10.6. The fraction of sp³-hybridized carbons (Fsp3) is 0.571. The van der Waals surface area contributed by atoms with E-state index < -0.39 is 18.0 Å². The molecule has 0 aromatic rings. The van der Waals surface area contributed by atoms with E-state index in [-0.39, 0.29) is 0 Å². The minimum absolute atomic E-state index is 0.416. The molecule has 0 aliphatic rings. The number of nitrogens with one attached hydrogen (secondary N) is 1. The summed E-state index contributed by atoms with van der Waals surface area (Å²) in [5, 5.41) is 2.27. The molecule has 0 aliphatic heterocycles. The number of urea groups is 2. The van der Waals surface area contributed by atoms with E-state index in [1.165, 1.54) is 28.1 Å².